The molecular formula is C18H14FN5O. The molecule has 2 aromatic heterocycles. The molecule has 0 spiro atoms. The molecule has 0 aliphatic rings. The van der Waals surface area contributed by atoms with Gasteiger partial charge in [-0.05, 0) is 35.9 Å². The van der Waals surface area contributed by atoms with Crippen LogP contribution in [0.1, 0.15) is 5.56 Å². The molecule has 0 unspecified atom stereocenters. The van der Waals surface area contributed by atoms with Crippen molar-refractivity contribution in [2.75, 3.05) is 5.32 Å². The Morgan fingerprint density at radius 1 is 1.00 bits per heavy atom. The highest BCUT2D eigenvalue weighted by Gasteiger charge is 2.09. The Morgan fingerprint density at radius 2 is 1.76 bits per heavy atom. The molecule has 0 saturated carbocycles. The van der Waals surface area contributed by atoms with Crippen LogP contribution in [0.5, 0.6) is 0 Å². The van der Waals surface area contributed by atoms with Crippen LogP contribution in [0.15, 0.2) is 71.7 Å². The molecule has 2 aromatic carbocycles. The number of hydrogen-bond acceptors (Lipinski definition) is 4. The Balaban J connectivity index is 1.64. The van der Waals surface area contributed by atoms with Crippen LogP contribution < -0.4 is 11.0 Å². The summed E-state index contributed by atoms with van der Waals surface area (Å²) in [7, 11) is 0. The minimum atomic E-state index is -0.305. The minimum Gasteiger partial charge on any atom is -0.340 e. The van der Waals surface area contributed by atoms with E-state index in [0.29, 0.717) is 23.8 Å². The molecule has 1 N–H and O–H groups in total. The lowest BCUT2D eigenvalue weighted by Crippen LogP contribution is -2.21. The quantitative estimate of drug-likeness (QED) is 0.623. The minimum absolute atomic E-state index is 0.250. The molecule has 7 heteroatoms. The van der Waals surface area contributed by atoms with E-state index in [9.17, 15) is 9.18 Å². The van der Waals surface area contributed by atoms with E-state index in [1.54, 1.807) is 24.4 Å². The SMILES string of the molecule is O=c1n(Cc2ccccc2)nc2nc(Nc3ccc(F)cc3)ccn12. The maximum absolute atomic E-state index is 13.0. The highest BCUT2D eigenvalue weighted by atomic mass is 19.1. The third-order valence-corrected chi connectivity index (χ3v) is 3.75. The molecule has 25 heavy (non-hydrogen) atoms. The number of anilines is 2. The number of nitrogens with zero attached hydrogens (tertiary/aromatic N) is 4. The first-order chi connectivity index (χ1) is 12.2. The van der Waals surface area contributed by atoms with Gasteiger partial charge in [0.25, 0.3) is 5.78 Å². The zero-order valence-electron chi connectivity index (χ0n) is 13.1. The third-order valence-electron chi connectivity index (χ3n) is 3.75. The fraction of sp³-hybridized carbons (Fsp3) is 0.0556. The van der Waals surface area contributed by atoms with Gasteiger partial charge in [-0.2, -0.15) is 4.98 Å². The average Bonchev–Trinajstić information content (AvgIpc) is 2.93. The molecule has 4 aromatic rings. The fourth-order valence-electron chi connectivity index (χ4n) is 2.52. The second-order valence-corrected chi connectivity index (χ2v) is 5.54. The van der Waals surface area contributed by atoms with Gasteiger partial charge in [-0.1, -0.05) is 30.3 Å². The van der Waals surface area contributed by atoms with E-state index in [0.717, 1.165) is 5.56 Å². The molecule has 0 atom stereocenters. The summed E-state index contributed by atoms with van der Waals surface area (Å²) in [5, 5.41) is 7.34. The van der Waals surface area contributed by atoms with Crippen LogP contribution in [-0.2, 0) is 6.54 Å². The summed E-state index contributed by atoms with van der Waals surface area (Å²) in [6, 6.07) is 17.2. The lowest BCUT2D eigenvalue weighted by Gasteiger charge is -2.04. The van der Waals surface area contributed by atoms with E-state index in [1.165, 1.54) is 21.2 Å². The third kappa shape index (κ3) is 3.12. The molecule has 0 radical (unpaired) electrons. The van der Waals surface area contributed by atoms with Gasteiger partial charge >= 0.3 is 5.69 Å². The predicted octanol–water partition coefficient (Wildman–Crippen LogP) is 2.82. The molecule has 4 rings (SSSR count). The molecule has 0 amide bonds. The Labute approximate surface area is 142 Å². The zero-order chi connectivity index (χ0) is 17.2. The number of halogens is 1. The van der Waals surface area contributed by atoms with Gasteiger partial charge in [-0.3, -0.25) is 0 Å². The number of nitrogens with one attached hydrogen (secondary N) is 1. The Hall–Kier alpha value is -3.48. The second-order valence-electron chi connectivity index (χ2n) is 5.54. The topological polar surface area (TPSA) is 64.2 Å². The van der Waals surface area contributed by atoms with Crippen molar-refractivity contribution >= 4 is 17.3 Å². The summed E-state index contributed by atoms with van der Waals surface area (Å²) >= 11 is 0. The molecular weight excluding hydrogens is 321 g/mol. The highest BCUT2D eigenvalue weighted by molar-refractivity contribution is 5.57. The zero-order valence-corrected chi connectivity index (χ0v) is 13.1. The van der Waals surface area contributed by atoms with Gasteiger partial charge in [-0.25, -0.2) is 18.3 Å². The molecule has 0 saturated heterocycles. The van der Waals surface area contributed by atoms with E-state index in [2.05, 4.69) is 15.4 Å². The first-order valence-corrected chi connectivity index (χ1v) is 7.72. The number of aromatic nitrogens is 4. The number of benzene rings is 2. The van der Waals surface area contributed by atoms with Crippen molar-refractivity contribution in [1.29, 1.82) is 0 Å². The maximum Gasteiger partial charge on any atom is 0.351 e. The first kappa shape index (κ1) is 15.1. The molecule has 0 fully saturated rings. The van der Waals surface area contributed by atoms with Crippen molar-refractivity contribution in [3.8, 4) is 0 Å². The van der Waals surface area contributed by atoms with Gasteiger partial charge in [0.05, 0.1) is 6.54 Å². The van der Waals surface area contributed by atoms with Gasteiger partial charge in [0.2, 0.25) is 0 Å². The second kappa shape index (κ2) is 6.20. The summed E-state index contributed by atoms with van der Waals surface area (Å²) < 4.78 is 15.7. The molecule has 124 valence electrons. The number of hydrogen-bond donors (Lipinski definition) is 1. The largest absolute Gasteiger partial charge is 0.351 e. The van der Waals surface area contributed by atoms with Crippen molar-refractivity contribution in [3.63, 3.8) is 0 Å². The number of fused-ring (bicyclic) bond motifs is 1. The monoisotopic (exact) mass is 335 g/mol. The molecule has 0 aliphatic heterocycles. The Bertz CT molecular complexity index is 1070. The summed E-state index contributed by atoms with van der Waals surface area (Å²) in [6.45, 7) is 0.379. The highest BCUT2D eigenvalue weighted by Crippen LogP contribution is 2.15. The molecule has 6 nitrogen and oxygen atoms in total. The summed E-state index contributed by atoms with van der Waals surface area (Å²) in [6.07, 6.45) is 1.62. The van der Waals surface area contributed by atoms with Crippen LogP contribution in [0.4, 0.5) is 15.9 Å². The Morgan fingerprint density at radius 3 is 2.52 bits per heavy atom. The van der Waals surface area contributed by atoms with Gasteiger partial charge in [0.15, 0.2) is 0 Å². The van der Waals surface area contributed by atoms with Crippen LogP contribution in [0.2, 0.25) is 0 Å². The average molecular weight is 335 g/mol. The standard InChI is InChI=1S/C18H14FN5O/c19-14-6-8-15(9-7-14)20-16-10-11-23-17(21-16)22-24(18(23)25)12-13-4-2-1-3-5-13/h1-11H,12H2,(H,20,21,22). The van der Waals surface area contributed by atoms with Gasteiger partial charge < -0.3 is 5.32 Å². The Kier molecular flexibility index (Phi) is 3.74. The van der Waals surface area contributed by atoms with E-state index in [4.69, 9.17) is 0 Å². The van der Waals surface area contributed by atoms with Gasteiger partial charge in [0.1, 0.15) is 11.6 Å². The molecule has 0 aliphatic carbocycles. The van der Waals surface area contributed by atoms with Crippen LogP contribution in [0.25, 0.3) is 5.78 Å². The van der Waals surface area contributed by atoms with Crippen molar-refractivity contribution < 1.29 is 4.39 Å². The lowest BCUT2D eigenvalue weighted by atomic mass is 10.2. The predicted molar refractivity (Wildman–Crippen MR) is 92.5 cm³/mol. The van der Waals surface area contributed by atoms with Crippen LogP contribution in [0.3, 0.4) is 0 Å². The van der Waals surface area contributed by atoms with Crippen LogP contribution in [-0.4, -0.2) is 19.2 Å². The van der Waals surface area contributed by atoms with Gasteiger partial charge in [-0.15, -0.1) is 5.10 Å². The van der Waals surface area contributed by atoms with Crippen LogP contribution in [0, 0.1) is 5.82 Å². The van der Waals surface area contributed by atoms with Crippen molar-refractivity contribution in [3.05, 3.63) is 88.7 Å². The molecule has 2 heterocycles. The van der Waals surface area contributed by atoms with E-state index in [1.807, 2.05) is 30.3 Å². The number of rotatable bonds is 4. The van der Waals surface area contributed by atoms with E-state index >= 15 is 0 Å². The van der Waals surface area contributed by atoms with Crippen molar-refractivity contribution in [2.45, 2.75) is 6.54 Å². The normalized spacial score (nSPS) is 10.9. The summed E-state index contributed by atoms with van der Waals surface area (Å²) in [5.41, 5.74) is 1.43. The fourth-order valence-corrected chi connectivity index (χ4v) is 2.52. The lowest BCUT2D eigenvalue weighted by molar-refractivity contribution is 0.628. The summed E-state index contributed by atoms with van der Waals surface area (Å²) in [5.74, 6) is 0.518. The molecule has 0 bridgehead atoms. The smallest absolute Gasteiger partial charge is 0.340 e. The van der Waals surface area contributed by atoms with Crippen molar-refractivity contribution in [2.24, 2.45) is 0 Å². The van der Waals surface area contributed by atoms with Gasteiger partial charge in [0, 0.05) is 11.9 Å². The first-order valence-electron chi connectivity index (χ1n) is 7.72. The summed E-state index contributed by atoms with van der Waals surface area (Å²) in [4.78, 5) is 16.7. The van der Waals surface area contributed by atoms with E-state index < -0.39 is 0 Å². The van der Waals surface area contributed by atoms with Crippen LogP contribution >= 0.6 is 0 Å². The van der Waals surface area contributed by atoms with Crippen molar-refractivity contribution in [1.82, 2.24) is 19.2 Å². The maximum atomic E-state index is 13.0. The van der Waals surface area contributed by atoms with E-state index in [-0.39, 0.29) is 11.5 Å².